The van der Waals surface area contributed by atoms with Crippen molar-refractivity contribution >= 4 is 17.4 Å². The van der Waals surface area contributed by atoms with Gasteiger partial charge in [-0.1, -0.05) is 24.3 Å². The lowest BCUT2D eigenvalue weighted by Crippen LogP contribution is -2.31. The van der Waals surface area contributed by atoms with Crippen molar-refractivity contribution in [3.05, 3.63) is 65.9 Å². The van der Waals surface area contributed by atoms with Gasteiger partial charge in [0.2, 0.25) is 0 Å². The smallest absolute Gasteiger partial charge is 0.251 e. The van der Waals surface area contributed by atoms with Gasteiger partial charge in [0.1, 0.15) is 5.82 Å². The van der Waals surface area contributed by atoms with Crippen LogP contribution in [-0.2, 0) is 11.2 Å². The number of aromatic nitrogens is 1. The van der Waals surface area contributed by atoms with E-state index in [1.165, 1.54) is 12.1 Å². The van der Waals surface area contributed by atoms with Crippen LogP contribution in [0.2, 0.25) is 0 Å². The van der Waals surface area contributed by atoms with Gasteiger partial charge in [-0.3, -0.25) is 4.79 Å². The fraction of sp³-hybridized carbons (Fsp3) is 0.308. The van der Waals surface area contributed by atoms with E-state index >= 15 is 0 Å². The van der Waals surface area contributed by atoms with Crippen LogP contribution in [-0.4, -0.2) is 43.2 Å². The summed E-state index contributed by atoms with van der Waals surface area (Å²) in [6.45, 7) is 3.63. The summed E-state index contributed by atoms with van der Waals surface area (Å²) in [6.07, 6.45) is 4.22. The first-order chi connectivity index (χ1) is 15.7. The minimum atomic E-state index is -0.00840. The van der Waals surface area contributed by atoms with Gasteiger partial charge in [-0.2, -0.15) is 0 Å². The van der Waals surface area contributed by atoms with Crippen LogP contribution in [0.15, 0.2) is 54.7 Å². The monoisotopic (exact) mass is 426 g/mol. The highest BCUT2D eigenvalue weighted by Crippen LogP contribution is 2.34. The Morgan fingerprint density at radius 3 is 2.69 bits per heavy atom. The van der Waals surface area contributed by atoms with Crippen molar-refractivity contribution in [1.29, 1.82) is 0 Å². The zero-order valence-electron chi connectivity index (χ0n) is 17.9. The van der Waals surface area contributed by atoms with E-state index in [2.05, 4.69) is 51.6 Å². The molecule has 1 amide bonds. The number of rotatable bonds is 3. The Balaban J connectivity index is 1.28. The van der Waals surface area contributed by atoms with Crippen LogP contribution < -0.4 is 16.0 Å². The number of amides is 1. The zero-order chi connectivity index (χ0) is 21.7. The molecule has 0 radical (unpaired) electrons. The Bertz CT molecular complexity index is 1180. The van der Waals surface area contributed by atoms with Crippen LogP contribution in [0.3, 0.4) is 0 Å². The van der Waals surface area contributed by atoms with Crippen molar-refractivity contribution in [2.45, 2.75) is 18.9 Å². The third-order valence-electron chi connectivity index (χ3n) is 7.03. The van der Waals surface area contributed by atoms with Crippen molar-refractivity contribution in [3.8, 4) is 22.3 Å². The van der Waals surface area contributed by atoms with E-state index in [4.69, 9.17) is 10.5 Å². The van der Waals surface area contributed by atoms with Gasteiger partial charge in [0.25, 0.3) is 5.91 Å². The maximum Gasteiger partial charge on any atom is 0.251 e. The fourth-order valence-electron chi connectivity index (χ4n) is 5.21. The van der Waals surface area contributed by atoms with E-state index < -0.39 is 0 Å². The second kappa shape index (κ2) is 7.64. The molecule has 162 valence electrons. The molecule has 3 aromatic rings. The van der Waals surface area contributed by atoms with E-state index in [1.807, 2.05) is 18.3 Å². The maximum atomic E-state index is 12.1. The number of fused-ring (bicyclic) bond motifs is 2. The first-order valence-electron chi connectivity index (χ1n) is 11.3. The number of nitrogens with zero attached hydrogens (tertiary/aromatic N) is 2. The van der Waals surface area contributed by atoms with Crippen LogP contribution in [0, 0.1) is 5.92 Å². The van der Waals surface area contributed by atoms with Gasteiger partial charge in [0.05, 0.1) is 6.10 Å². The summed E-state index contributed by atoms with van der Waals surface area (Å²) in [5, 5.41) is 2.89. The van der Waals surface area contributed by atoms with E-state index in [9.17, 15) is 4.79 Å². The Morgan fingerprint density at radius 1 is 1.00 bits per heavy atom. The average Bonchev–Trinajstić information content (AvgIpc) is 3.42. The number of carbonyl (C=O) groups is 1. The molecule has 0 spiro atoms. The quantitative estimate of drug-likeness (QED) is 0.670. The van der Waals surface area contributed by atoms with Crippen molar-refractivity contribution in [2.75, 3.05) is 36.9 Å². The predicted octanol–water partition coefficient (Wildman–Crippen LogP) is 3.51. The molecular weight excluding hydrogens is 400 g/mol. The minimum absolute atomic E-state index is 0.00840. The van der Waals surface area contributed by atoms with Gasteiger partial charge < -0.3 is 20.7 Å². The molecule has 2 atom stereocenters. The summed E-state index contributed by atoms with van der Waals surface area (Å²) in [5.41, 5.74) is 13.3. The lowest BCUT2D eigenvalue weighted by molar-refractivity contribution is 0.0946. The van der Waals surface area contributed by atoms with Crippen LogP contribution in [0.1, 0.15) is 22.3 Å². The molecule has 0 aliphatic carbocycles. The van der Waals surface area contributed by atoms with Crippen molar-refractivity contribution in [3.63, 3.8) is 0 Å². The number of pyridine rings is 1. The molecule has 3 aliphatic rings. The van der Waals surface area contributed by atoms with Crippen LogP contribution >= 0.6 is 0 Å². The molecule has 0 saturated carbocycles. The number of nitrogens with one attached hydrogen (secondary N) is 1. The molecule has 6 rings (SSSR count). The third kappa shape index (κ3) is 3.31. The molecule has 3 aliphatic heterocycles. The number of carbonyl (C=O) groups excluding carboxylic acids is 1. The van der Waals surface area contributed by atoms with Crippen LogP contribution in [0.4, 0.5) is 11.5 Å². The standard InChI is InChI=1S/C26H26N4O2/c27-25-23(17-3-6-22-18(11-17)7-9-28-26(22)31)12-20(13-29-25)16-1-4-21(5-2-16)30-14-19-8-10-32-24(19)15-30/h1-6,11-13,19,24H,7-10,14-15H2,(H2,27,29)(H,28,31)/t19-,24?/m0/s1. The molecule has 2 saturated heterocycles. The van der Waals surface area contributed by atoms with Crippen molar-refractivity contribution in [2.24, 2.45) is 5.92 Å². The largest absolute Gasteiger partial charge is 0.383 e. The SMILES string of the molecule is Nc1ncc(-c2ccc(N3CC4OCC[C@H]4C3)cc2)cc1-c1ccc2c(c1)CCNC2=O. The molecule has 2 aromatic carbocycles. The van der Waals surface area contributed by atoms with Gasteiger partial charge in [-0.05, 0) is 53.8 Å². The molecule has 2 fully saturated rings. The first-order valence-corrected chi connectivity index (χ1v) is 11.3. The van der Waals surface area contributed by atoms with Crippen molar-refractivity contribution in [1.82, 2.24) is 10.3 Å². The van der Waals surface area contributed by atoms with Gasteiger partial charge in [-0.15, -0.1) is 0 Å². The molecule has 6 nitrogen and oxygen atoms in total. The molecule has 3 N–H and O–H groups in total. The number of ether oxygens (including phenoxy) is 1. The normalized spacial score (nSPS) is 21.9. The molecule has 4 heterocycles. The summed E-state index contributed by atoms with van der Waals surface area (Å²) in [7, 11) is 0. The van der Waals surface area contributed by atoms with Gasteiger partial charge in [0.15, 0.2) is 0 Å². The number of anilines is 2. The summed E-state index contributed by atoms with van der Waals surface area (Å²) in [5.74, 6) is 1.15. The maximum absolute atomic E-state index is 12.1. The third-order valence-corrected chi connectivity index (χ3v) is 7.03. The average molecular weight is 427 g/mol. The highest BCUT2D eigenvalue weighted by Gasteiger charge is 2.37. The number of nitrogens with two attached hydrogens (primary N) is 1. The molecule has 6 heteroatoms. The van der Waals surface area contributed by atoms with Crippen LogP contribution in [0.5, 0.6) is 0 Å². The Labute approximate surface area is 187 Å². The van der Waals surface area contributed by atoms with Crippen molar-refractivity contribution < 1.29 is 9.53 Å². The summed E-state index contributed by atoms with van der Waals surface area (Å²) in [6, 6.07) is 16.7. The number of hydrogen-bond acceptors (Lipinski definition) is 5. The topological polar surface area (TPSA) is 80.5 Å². The zero-order valence-corrected chi connectivity index (χ0v) is 17.9. The van der Waals surface area contributed by atoms with E-state index in [0.29, 0.717) is 24.4 Å². The second-order valence-electron chi connectivity index (χ2n) is 8.94. The second-order valence-corrected chi connectivity index (χ2v) is 8.94. The lowest BCUT2D eigenvalue weighted by atomic mass is 9.94. The van der Waals surface area contributed by atoms with E-state index in [1.54, 1.807) is 0 Å². The fourth-order valence-corrected chi connectivity index (χ4v) is 5.21. The van der Waals surface area contributed by atoms with Gasteiger partial charge in [0, 0.05) is 60.7 Å². The Hall–Kier alpha value is -3.38. The number of benzene rings is 2. The van der Waals surface area contributed by atoms with Gasteiger partial charge in [-0.25, -0.2) is 4.98 Å². The van der Waals surface area contributed by atoms with Crippen LogP contribution in [0.25, 0.3) is 22.3 Å². The lowest BCUT2D eigenvalue weighted by Gasteiger charge is -2.20. The summed E-state index contributed by atoms with van der Waals surface area (Å²) < 4.78 is 5.84. The minimum Gasteiger partial charge on any atom is -0.383 e. The number of hydrogen-bond donors (Lipinski definition) is 2. The van der Waals surface area contributed by atoms with E-state index in [0.717, 1.165) is 59.5 Å². The predicted molar refractivity (Wildman–Crippen MR) is 126 cm³/mol. The highest BCUT2D eigenvalue weighted by molar-refractivity contribution is 5.97. The highest BCUT2D eigenvalue weighted by atomic mass is 16.5. The van der Waals surface area contributed by atoms with E-state index in [-0.39, 0.29) is 5.91 Å². The number of nitrogen functional groups attached to an aromatic ring is 1. The summed E-state index contributed by atoms with van der Waals surface area (Å²) in [4.78, 5) is 19.0. The Morgan fingerprint density at radius 2 is 1.84 bits per heavy atom. The summed E-state index contributed by atoms with van der Waals surface area (Å²) >= 11 is 0. The molecule has 1 unspecified atom stereocenters. The molecular formula is C26H26N4O2. The molecule has 0 bridgehead atoms. The Kier molecular flexibility index (Phi) is 4.61. The molecule has 32 heavy (non-hydrogen) atoms. The van der Waals surface area contributed by atoms with Gasteiger partial charge >= 0.3 is 0 Å². The molecule has 1 aromatic heterocycles. The first kappa shape index (κ1) is 19.3.